The number of carbonyl (C=O) groups excluding carboxylic acids is 1. The van der Waals surface area contributed by atoms with Crippen LogP contribution in [0.5, 0.6) is 11.5 Å². The first-order chi connectivity index (χ1) is 15.4. The fourth-order valence-corrected chi connectivity index (χ4v) is 4.03. The molecule has 2 aromatic carbocycles. The quantitative estimate of drug-likeness (QED) is 0.637. The molecule has 166 valence electrons. The number of hydrogen-bond acceptors (Lipinski definition) is 5. The van der Waals surface area contributed by atoms with E-state index >= 15 is 0 Å². The molecule has 0 radical (unpaired) electrons. The molecule has 0 saturated carbocycles. The SMILES string of the molecule is COc1cc2c(cc1OC)CN(C(=O)c1c[nH]c(=O)n(Cc3ccccc3Cl)c1=O)CC2. The van der Waals surface area contributed by atoms with E-state index in [0.717, 1.165) is 15.7 Å². The Bertz CT molecular complexity index is 1300. The number of rotatable bonds is 5. The van der Waals surface area contributed by atoms with E-state index < -0.39 is 17.2 Å². The fourth-order valence-electron chi connectivity index (χ4n) is 3.83. The number of amides is 1. The molecule has 0 unspecified atom stereocenters. The molecule has 3 aromatic rings. The molecule has 9 heteroatoms. The van der Waals surface area contributed by atoms with Gasteiger partial charge in [0.25, 0.3) is 11.5 Å². The fraction of sp³-hybridized carbons (Fsp3) is 0.261. The zero-order valence-corrected chi connectivity index (χ0v) is 18.4. The highest BCUT2D eigenvalue weighted by atomic mass is 35.5. The lowest BCUT2D eigenvalue weighted by atomic mass is 9.98. The Morgan fingerprint density at radius 1 is 1.09 bits per heavy atom. The van der Waals surface area contributed by atoms with Crippen LogP contribution in [0.4, 0.5) is 0 Å². The number of nitrogens with one attached hydrogen (secondary N) is 1. The molecular weight excluding hydrogens is 434 g/mol. The minimum atomic E-state index is -0.656. The van der Waals surface area contributed by atoms with Gasteiger partial charge in [0.15, 0.2) is 11.5 Å². The van der Waals surface area contributed by atoms with Crippen LogP contribution in [0.1, 0.15) is 27.0 Å². The number of halogens is 1. The van der Waals surface area contributed by atoms with Crippen molar-refractivity contribution in [3.8, 4) is 11.5 Å². The van der Waals surface area contributed by atoms with E-state index in [0.29, 0.717) is 41.6 Å². The highest BCUT2D eigenvalue weighted by Crippen LogP contribution is 2.33. The number of aromatic nitrogens is 2. The predicted octanol–water partition coefficient (Wildman–Crippen LogP) is 2.45. The van der Waals surface area contributed by atoms with Gasteiger partial charge in [-0.3, -0.25) is 14.2 Å². The number of H-pyrrole nitrogens is 1. The normalized spacial score (nSPS) is 12.9. The summed E-state index contributed by atoms with van der Waals surface area (Å²) >= 11 is 6.18. The Balaban J connectivity index is 1.64. The van der Waals surface area contributed by atoms with Crippen molar-refractivity contribution in [1.82, 2.24) is 14.5 Å². The molecule has 1 N–H and O–H groups in total. The number of hydrogen-bond donors (Lipinski definition) is 1. The molecule has 0 saturated heterocycles. The number of ether oxygens (including phenoxy) is 2. The number of aromatic amines is 1. The molecule has 0 atom stereocenters. The van der Waals surface area contributed by atoms with E-state index in [1.54, 1.807) is 43.4 Å². The Hall–Kier alpha value is -3.52. The highest BCUT2D eigenvalue weighted by molar-refractivity contribution is 6.31. The van der Waals surface area contributed by atoms with Crippen molar-refractivity contribution in [2.24, 2.45) is 0 Å². The lowest BCUT2D eigenvalue weighted by molar-refractivity contribution is 0.0731. The average molecular weight is 456 g/mol. The molecule has 1 aliphatic rings. The van der Waals surface area contributed by atoms with E-state index in [9.17, 15) is 14.4 Å². The molecule has 0 aliphatic carbocycles. The molecule has 4 rings (SSSR count). The Labute approximate surface area is 189 Å². The molecule has 0 fully saturated rings. The first-order valence-corrected chi connectivity index (χ1v) is 10.4. The predicted molar refractivity (Wildman–Crippen MR) is 120 cm³/mol. The molecular formula is C23H22ClN3O5. The van der Waals surface area contributed by atoms with Gasteiger partial charge in [0.2, 0.25) is 0 Å². The first-order valence-electron chi connectivity index (χ1n) is 10.0. The van der Waals surface area contributed by atoms with Gasteiger partial charge in [0.1, 0.15) is 5.56 Å². The number of benzene rings is 2. The van der Waals surface area contributed by atoms with Crippen molar-refractivity contribution in [3.05, 3.63) is 90.7 Å². The second-order valence-corrected chi connectivity index (χ2v) is 7.85. The number of nitrogens with zero attached hydrogens (tertiary/aromatic N) is 2. The highest BCUT2D eigenvalue weighted by Gasteiger charge is 2.26. The Kier molecular flexibility index (Phi) is 6.05. The average Bonchev–Trinajstić information content (AvgIpc) is 2.81. The monoisotopic (exact) mass is 455 g/mol. The first kappa shape index (κ1) is 21.7. The van der Waals surface area contributed by atoms with Crippen molar-refractivity contribution in [2.45, 2.75) is 19.5 Å². The van der Waals surface area contributed by atoms with E-state index in [1.807, 2.05) is 12.1 Å². The van der Waals surface area contributed by atoms with Gasteiger partial charge >= 0.3 is 5.69 Å². The third-order valence-electron chi connectivity index (χ3n) is 5.58. The molecule has 1 aromatic heterocycles. The molecule has 2 heterocycles. The molecule has 8 nitrogen and oxygen atoms in total. The maximum Gasteiger partial charge on any atom is 0.328 e. The third kappa shape index (κ3) is 4.01. The van der Waals surface area contributed by atoms with Crippen LogP contribution in [-0.4, -0.2) is 41.1 Å². The number of carbonyl (C=O) groups is 1. The van der Waals surface area contributed by atoms with Crippen molar-refractivity contribution in [2.75, 3.05) is 20.8 Å². The van der Waals surface area contributed by atoms with Gasteiger partial charge in [0.05, 0.1) is 20.8 Å². The lowest BCUT2D eigenvalue weighted by Gasteiger charge is -2.29. The summed E-state index contributed by atoms with van der Waals surface area (Å²) in [6, 6.07) is 10.7. The Morgan fingerprint density at radius 2 is 1.78 bits per heavy atom. The summed E-state index contributed by atoms with van der Waals surface area (Å²) < 4.78 is 11.7. The van der Waals surface area contributed by atoms with Gasteiger partial charge in [-0.2, -0.15) is 0 Å². The van der Waals surface area contributed by atoms with Crippen LogP contribution in [0.25, 0.3) is 0 Å². The van der Waals surface area contributed by atoms with Crippen molar-refractivity contribution < 1.29 is 14.3 Å². The van der Waals surface area contributed by atoms with Crippen molar-refractivity contribution in [1.29, 1.82) is 0 Å². The molecule has 1 amide bonds. The van der Waals surface area contributed by atoms with E-state index in [4.69, 9.17) is 21.1 Å². The maximum atomic E-state index is 13.2. The van der Waals surface area contributed by atoms with Gasteiger partial charge < -0.3 is 19.4 Å². The van der Waals surface area contributed by atoms with Crippen LogP contribution in [0, 0.1) is 0 Å². The van der Waals surface area contributed by atoms with E-state index in [2.05, 4.69) is 4.98 Å². The Morgan fingerprint density at radius 3 is 2.47 bits per heavy atom. The summed E-state index contributed by atoms with van der Waals surface area (Å²) in [6.45, 7) is 0.719. The lowest BCUT2D eigenvalue weighted by Crippen LogP contribution is -2.43. The van der Waals surface area contributed by atoms with E-state index in [1.165, 1.54) is 6.20 Å². The molecule has 32 heavy (non-hydrogen) atoms. The van der Waals surface area contributed by atoms with Crippen LogP contribution >= 0.6 is 11.6 Å². The summed E-state index contributed by atoms with van der Waals surface area (Å²) in [5.74, 6) is 0.764. The second kappa shape index (κ2) is 8.92. The van der Waals surface area contributed by atoms with Gasteiger partial charge in [-0.1, -0.05) is 29.8 Å². The smallest absolute Gasteiger partial charge is 0.328 e. The summed E-state index contributed by atoms with van der Waals surface area (Å²) in [5, 5.41) is 0.438. The summed E-state index contributed by atoms with van der Waals surface area (Å²) in [5.41, 5.74) is 1.23. The van der Waals surface area contributed by atoms with Crippen LogP contribution in [-0.2, 0) is 19.5 Å². The molecule has 1 aliphatic heterocycles. The van der Waals surface area contributed by atoms with Crippen molar-refractivity contribution >= 4 is 17.5 Å². The van der Waals surface area contributed by atoms with Crippen LogP contribution in [0.3, 0.4) is 0 Å². The largest absolute Gasteiger partial charge is 0.493 e. The second-order valence-electron chi connectivity index (χ2n) is 7.44. The van der Waals surface area contributed by atoms with Gasteiger partial charge in [-0.05, 0) is 41.3 Å². The zero-order valence-electron chi connectivity index (χ0n) is 17.7. The minimum Gasteiger partial charge on any atom is -0.493 e. The van der Waals surface area contributed by atoms with Crippen LogP contribution in [0.2, 0.25) is 5.02 Å². The summed E-state index contributed by atoms with van der Waals surface area (Å²) in [4.78, 5) is 42.6. The molecule has 0 bridgehead atoms. The summed E-state index contributed by atoms with van der Waals surface area (Å²) in [6.07, 6.45) is 1.79. The zero-order chi connectivity index (χ0) is 22.8. The maximum absolute atomic E-state index is 13.2. The third-order valence-corrected chi connectivity index (χ3v) is 5.95. The topological polar surface area (TPSA) is 93.6 Å². The number of methoxy groups -OCH3 is 2. The van der Waals surface area contributed by atoms with Crippen LogP contribution in [0.15, 0.2) is 52.2 Å². The van der Waals surface area contributed by atoms with Crippen LogP contribution < -0.4 is 20.7 Å². The number of fused-ring (bicyclic) bond motifs is 1. The van der Waals surface area contributed by atoms with Gasteiger partial charge in [-0.25, -0.2) is 4.79 Å². The van der Waals surface area contributed by atoms with Gasteiger partial charge in [-0.15, -0.1) is 0 Å². The minimum absolute atomic E-state index is 0.0329. The van der Waals surface area contributed by atoms with E-state index in [-0.39, 0.29) is 12.1 Å². The standard InChI is InChI=1S/C23H22ClN3O5/c1-31-19-9-14-7-8-26(12-16(14)10-20(19)32-2)21(28)17-11-25-23(30)27(22(17)29)13-15-5-3-4-6-18(15)24/h3-6,9-11H,7-8,12-13H2,1-2H3,(H,25,30). The molecule has 0 spiro atoms. The van der Waals surface area contributed by atoms with Gasteiger partial charge in [0, 0.05) is 24.3 Å². The summed E-state index contributed by atoms with van der Waals surface area (Å²) in [7, 11) is 3.13. The van der Waals surface area contributed by atoms with Crippen molar-refractivity contribution in [3.63, 3.8) is 0 Å².